The maximum Gasteiger partial charge on any atom is 0.137 e. The SMILES string of the molecule is C[C@@H](n1cc(-c2ccnc3ccccc23)cn1)[C@](O)(Cn1cncn1)c1ccc(F)cc1F. The topological polar surface area (TPSA) is 81.6 Å². The zero-order chi connectivity index (χ0) is 23.0. The summed E-state index contributed by atoms with van der Waals surface area (Å²) in [6.45, 7) is 1.62. The predicted octanol–water partition coefficient (Wildman–Crippen LogP) is 4.12. The maximum absolute atomic E-state index is 14.8. The van der Waals surface area contributed by atoms with Gasteiger partial charge in [-0.15, -0.1) is 0 Å². The van der Waals surface area contributed by atoms with Crippen molar-refractivity contribution >= 4 is 10.9 Å². The van der Waals surface area contributed by atoms with Crippen LogP contribution in [0, 0.1) is 11.6 Å². The third kappa shape index (κ3) is 3.76. The van der Waals surface area contributed by atoms with E-state index in [9.17, 15) is 13.9 Å². The Hall–Kier alpha value is -3.98. The molecule has 2 atom stereocenters. The zero-order valence-electron chi connectivity index (χ0n) is 17.7. The number of halogens is 2. The fourth-order valence-electron chi connectivity index (χ4n) is 4.10. The van der Waals surface area contributed by atoms with E-state index in [-0.39, 0.29) is 12.1 Å². The van der Waals surface area contributed by atoms with Crippen molar-refractivity contribution in [2.45, 2.75) is 25.1 Å². The highest BCUT2D eigenvalue weighted by molar-refractivity contribution is 5.93. The number of para-hydroxylation sites is 1. The van der Waals surface area contributed by atoms with Crippen molar-refractivity contribution < 1.29 is 13.9 Å². The molecule has 0 amide bonds. The molecule has 0 bridgehead atoms. The highest BCUT2D eigenvalue weighted by Gasteiger charge is 2.40. The summed E-state index contributed by atoms with van der Waals surface area (Å²) < 4.78 is 31.4. The van der Waals surface area contributed by atoms with Crippen molar-refractivity contribution in [2.24, 2.45) is 0 Å². The molecule has 0 fully saturated rings. The molecule has 0 aliphatic carbocycles. The van der Waals surface area contributed by atoms with Crippen molar-refractivity contribution in [3.8, 4) is 11.1 Å². The average Bonchev–Trinajstić information content (AvgIpc) is 3.50. The zero-order valence-corrected chi connectivity index (χ0v) is 17.7. The number of hydrogen-bond acceptors (Lipinski definition) is 5. The fourth-order valence-corrected chi connectivity index (χ4v) is 4.10. The lowest BCUT2D eigenvalue weighted by Gasteiger charge is -2.34. The first-order valence-electron chi connectivity index (χ1n) is 10.3. The van der Waals surface area contributed by atoms with Crippen LogP contribution in [0.2, 0.25) is 0 Å². The van der Waals surface area contributed by atoms with E-state index in [4.69, 9.17) is 0 Å². The summed E-state index contributed by atoms with van der Waals surface area (Å²) in [6.07, 6.45) is 7.96. The minimum absolute atomic E-state index is 0.0571. The number of fused-ring (bicyclic) bond motifs is 1. The lowest BCUT2D eigenvalue weighted by Crippen LogP contribution is -2.40. The van der Waals surface area contributed by atoms with Crippen LogP contribution >= 0.6 is 0 Å². The molecular formula is C24H20F2N6O. The Morgan fingerprint density at radius 2 is 1.94 bits per heavy atom. The van der Waals surface area contributed by atoms with Crippen LogP contribution in [0.4, 0.5) is 8.78 Å². The van der Waals surface area contributed by atoms with Gasteiger partial charge in [0.25, 0.3) is 0 Å². The average molecular weight is 446 g/mol. The fraction of sp³-hybridized carbons (Fsp3) is 0.167. The highest BCUT2D eigenvalue weighted by atomic mass is 19.1. The first kappa shape index (κ1) is 20.9. The van der Waals surface area contributed by atoms with Gasteiger partial charge in [-0.25, -0.2) is 18.4 Å². The summed E-state index contributed by atoms with van der Waals surface area (Å²) in [4.78, 5) is 8.29. The van der Waals surface area contributed by atoms with Crippen molar-refractivity contribution in [1.82, 2.24) is 29.5 Å². The standard InChI is InChI=1S/C24H20F2N6O/c1-16(24(33,13-31-15-27-14-30-31)21-7-6-18(25)10-22(21)26)32-12-17(11-29-32)19-8-9-28-23-5-3-2-4-20(19)23/h2-12,14-16,33H,13H2,1H3/t16-,24-/m1/s1. The lowest BCUT2D eigenvalue weighted by molar-refractivity contribution is -0.0368. The molecule has 2 aromatic carbocycles. The van der Waals surface area contributed by atoms with E-state index in [1.807, 2.05) is 30.3 Å². The quantitative estimate of drug-likeness (QED) is 0.424. The van der Waals surface area contributed by atoms with Gasteiger partial charge in [-0.2, -0.15) is 10.2 Å². The molecule has 5 rings (SSSR count). The molecule has 0 saturated carbocycles. The third-order valence-corrected chi connectivity index (χ3v) is 5.92. The molecule has 0 radical (unpaired) electrons. The second-order valence-electron chi connectivity index (χ2n) is 7.90. The maximum atomic E-state index is 14.8. The highest BCUT2D eigenvalue weighted by Crippen LogP contribution is 2.37. The Morgan fingerprint density at radius 1 is 1.09 bits per heavy atom. The number of aliphatic hydroxyl groups is 1. The van der Waals surface area contributed by atoms with Gasteiger partial charge in [0, 0.05) is 35.0 Å². The smallest absolute Gasteiger partial charge is 0.137 e. The first-order valence-corrected chi connectivity index (χ1v) is 10.3. The summed E-state index contributed by atoms with van der Waals surface area (Å²) >= 11 is 0. The summed E-state index contributed by atoms with van der Waals surface area (Å²) in [5.74, 6) is -1.57. The number of aromatic nitrogens is 6. The first-order chi connectivity index (χ1) is 16.0. The second-order valence-corrected chi connectivity index (χ2v) is 7.90. The van der Waals surface area contributed by atoms with Gasteiger partial charge in [0.05, 0.1) is 24.3 Å². The largest absolute Gasteiger partial charge is 0.381 e. The minimum Gasteiger partial charge on any atom is -0.381 e. The van der Waals surface area contributed by atoms with Gasteiger partial charge in [-0.3, -0.25) is 9.67 Å². The van der Waals surface area contributed by atoms with Crippen LogP contribution in [0.5, 0.6) is 0 Å². The number of pyridine rings is 1. The molecule has 0 aliphatic rings. The summed E-state index contributed by atoms with van der Waals surface area (Å²) in [6, 6.07) is 12.1. The monoisotopic (exact) mass is 446 g/mol. The molecule has 166 valence electrons. The molecule has 0 saturated heterocycles. The van der Waals surface area contributed by atoms with Gasteiger partial charge >= 0.3 is 0 Å². The molecule has 3 heterocycles. The Balaban J connectivity index is 1.58. The molecule has 1 N–H and O–H groups in total. The van der Waals surface area contributed by atoms with Gasteiger partial charge in [0.2, 0.25) is 0 Å². The van der Waals surface area contributed by atoms with Crippen LogP contribution in [0.1, 0.15) is 18.5 Å². The molecule has 33 heavy (non-hydrogen) atoms. The predicted molar refractivity (Wildman–Crippen MR) is 118 cm³/mol. The van der Waals surface area contributed by atoms with Gasteiger partial charge < -0.3 is 5.11 Å². The number of hydrogen-bond donors (Lipinski definition) is 1. The molecular weight excluding hydrogens is 426 g/mol. The van der Waals surface area contributed by atoms with Gasteiger partial charge in [0.1, 0.15) is 29.9 Å². The molecule has 0 aliphatic heterocycles. The Labute approximate surface area is 188 Å². The van der Waals surface area contributed by atoms with E-state index in [0.717, 1.165) is 34.2 Å². The molecule has 0 spiro atoms. The Bertz CT molecular complexity index is 1410. The second kappa shape index (κ2) is 8.18. The van der Waals surface area contributed by atoms with Crippen molar-refractivity contribution in [3.05, 3.63) is 97.0 Å². The lowest BCUT2D eigenvalue weighted by atomic mass is 9.86. The van der Waals surface area contributed by atoms with E-state index < -0.39 is 23.3 Å². The van der Waals surface area contributed by atoms with E-state index >= 15 is 0 Å². The molecule has 3 aromatic heterocycles. The van der Waals surface area contributed by atoms with Crippen molar-refractivity contribution in [2.75, 3.05) is 0 Å². The van der Waals surface area contributed by atoms with Crippen LogP contribution in [0.15, 0.2) is 79.8 Å². The van der Waals surface area contributed by atoms with Gasteiger partial charge in [0.15, 0.2) is 0 Å². The summed E-state index contributed by atoms with van der Waals surface area (Å²) in [5.41, 5.74) is 0.759. The van der Waals surface area contributed by atoms with E-state index in [1.54, 1.807) is 30.2 Å². The van der Waals surface area contributed by atoms with E-state index in [0.29, 0.717) is 0 Å². The van der Waals surface area contributed by atoms with Gasteiger partial charge in [-0.05, 0) is 30.7 Å². The Kier molecular flexibility index (Phi) is 5.18. The number of rotatable bonds is 6. The van der Waals surface area contributed by atoms with Crippen LogP contribution in [-0.2, 0) is 12.1 Å². The van der Waals surface area contributed by atoms with Crippen LogP contribution in [-0.4, -0.2) is 34.6 Å². The third-order valence-electron chi connectivity index (χ3n) is 5.92. The van der Waals surface area contributed by atoms with Crippen molar-refractivity contribution in [1.29, 1.82) is 0 Å². The molecule has 5 aromatic rings. The van der Waals surface area contributed by atoms with Crippen molar-refractivity contribution in [3.63, 3.8) is 0 Å². The van der Waals surface area contributed by atoms with Crippen LogP contribution in [0.3, 0.4) is 0 Å². The van der Waals surface area contributed by atoms with E-state index in [1.165, 1.54) is 23.4 Å². The minimum atomic E-state index is -1.80. The van der Waals surface area contributed by atoms with Crippen LogP contribution in [0.25, 0.3) is 22.0 Å². The molecule has 7 nitrogen and oxygen atoms in total. The van der Waals surface area contributed by atoms with Gasteiger partial charge in [-0.1, -0.05) is 24.3 Å². The molecule has 0 unspecified atom stereocenters. The Morgan fingerprint density at radius 3 is 2.73 bits per heavy atom. The van der Waals surface area contributed by atoms with Crippen LogP contribution < -0.4 is 0 Å². The van der Waals surface area contributed by atoms with E-state index in [2.05, 4.69) is 20.2 Å². The normalized spacial score (nSPS) is 14.3. The number of benzene rings is 2. The molecule has 9 heteroatoms. The number of nitrogens with zero attached hydrogens (tertiary/aromatic N) is 6. The summed E-state index contributed by atoms with van der Waals surface area (Å²) in [7, 11) is 0. The summed E-state index contributed by atoms with van der Waals surface area (Å²) in [5, 5.41) is 21.3.